The third kappa shape index (κ3) is 3.20. The molecule has 0 saturated carbocycles. The molecule has 5 heteroatoms. The maximum atomic E-state index is 13.1. The molecule has 2 aromatic carbocycles. The molecule has 0 unspecified atom stereocenters. The number of anilines is 2. The maximum Gasteiger partial charge on any atom is 0.262 e. The molecule has 1 aliphatic heterocycles. The summed E-state index contributed by atoms with van der Waals surface area (Å²) in [6.07, 6.45) is 1.33. The summed E-state index contributed by atoms with van der Waals surface area (Å²) in [7, 11) is 1.62. The van der Waals surface area contributed by atoms with Gasteiger partial charge in [-0.2, -0.15) is 0 Å². The fourth-order valence-electron chi connectivity index (χ4n) is 3.47. The Kier molecular flexibility index (Phi) is 4.74. The van der Waals surface area contributed by atoms with Gasteiger partial charge in [0.2, 0.25) is 0 Å². The Bertz CT molecular complexity index is 999. The second-order valence-corrected chi connectivity index (χ2v) is 7.14. The molecule has 1 amide bonds. The minimum absolute atomic E-state index is 0.0762. The van der Waals surface area contributed by atoms with E-state index in [0.717, 1.165) is 17.1 Å². The van der Waals surface area contributed by atoms with E-state index in [1.54, 1.807) is 24.3 Å². The van der Waals surface area contributed by atoms with Crippen molar-refractivity contribution in [2.24, 2.45) is 0 Å². The summed E-state index contributed by atoms with van der Waals surface area (Å²) in [5.74, 6) is 1.10. The first-order valence-electron chi connectivity index (χ1n) is 9.37. The lowest BCUT2D eigenvalue weighted by Crippen LogP contribution is -2.32. The minimum Gasteiger partial charge on any atom is -0.497 e. The van der Waals surface area contributed by atoms with Crippen molar-refractivity contribution >= 4 is 17.3 Å². The second kappa shape index (κ2) is 7.35. The summed E-state index contributed by atoms with van der Waals surface area (Å²) < 4.78 is 5.34. The van der Waals surface area contributed by atoms with E-state index in [0.29, 0.717) is 17.2 Å². The van der Waals surface area contributed by atoms with E-state index in [1.807, 2.05) is 42.5 Å². The maximum absolute atomic E-state index is 13.1. The Morgan fingerprint density at radius 2 is 1.86 bits per heavy atom. The lowest BCUT2D eigenvalue weighted by Gasteiger charge is -2.27. The number of benzene rings is 2. The molecule has 0 aliphatic carbocycles. The van der Waals surface area contributed by atoms with Crippen LogP contribution in [0, 0.1) is 0 Å². The van der Waals surface area contributed by atoms with Gasteiger partial charge in [0.1, 0.15) is 5.75 Å². The molecule has 3 aromatic rings. The number of amides is 1. The molecular weight excluding hydrogens is 350 g/mol. The first-order chi connectivity index (χ1) is 13.6. The molecule has 28 heavy (non-hydrogen) atoms. The topological polar surface area (TPSA) is 54.5 Å². The van der Waals surface area contributed by atoms with E-state index in [-0.39, 0.29) is 12.1 Å². The van der Waals surface area contributed by atoms with E-state index in [2.05, 4.69) is 36.3 Å². The highest BCUT2D eigenvalue weighted by Crippen LogP contribution is 2.38. The summed E-state index contributed by atoms with van der Waals surface area (Å²) in [5.41, 5.74) is 4.31. The number of hydrogen-bond donors (Lipinski definition) is 1. The number of pyridine rings is 1. The highest BCUT2D eigenvalue weighted by atomic mass is 16.5. The van der Waals surface area contributed by atoms with Crippen LogP contribution in [0.25, 0.3) is 0 Å². The van der Waals surface area contributed by atoms with Crippen molar-refractivity contribution in [1.29, 1.82) is 0 Å². The van der Waals surface area contributed by atoms with Gasteiger partial charge in [0.25, 0.3) is 5.91 Å². The van der Waals surface area contributed by atoms with Crippen molar-refractivity contribution in [3.63, 3.8) is 0 Å². The number of aromatic nitrogens is 1. The molecule has 1 aromatic heterocycles. The smallest absolute Gasteiger partial charge is 0.262 e. The normalized spacial score (nSPS) is 15.6. The first-order valence-corrected chi connectivity index (χ1v) is 9.37. The zero-order valence-corrected chi connectivity index (χ0v) is 16.2. The summed E-state index contributed by atoms with van der Waals surface area (Å²) in [6, 6.07) is 19.4. The molecule has 0 bridgehead atoms. The molecule has 142 valence electrons. The third-order valence-electron chi connectivity index (χ3n) is 5.02. The molecule has 0 spiro atoms. The third-order valence-corrected chi connectivity index (χ3v) is 5.02. The van der Waals surface area contributed by atoms with Gasteiger partial charge in [-0.15, -0.1) is 0 Å². The highest BCUT2D eigenvalue weighted by Gasteiger charge is 2.39. The van der Waals surface area contributed by atoms with E-state index >= 15 is 0 Å². The lowest BCUT2D eigenvalue weighted by molar-refractivity contribution is 0.0993. The van der Waals surface area contributed by atoms with Gasteiger partial charge in [0.15, 0.2) is 6.17 Å². The van der Waals surface area contributed by atoms with Gasteiger partial charge in [-0.05, 0) is 47.9 Å². The molecule has 4 rings (SSSR count). The van der Waals surface area contributed by atoms with Crippen LogP contribution in [0.4, 0.5) is 11.4 Å². The average Bonchev–Trinajstić information content (AvgIpc) is 3.00. The number of rotatable bonds is 5. The predicted octanol–water partition coefficient (Wildman–Crippen LogP) is 4.98. The fraction of sp³-hybridized carbons (Fsp3) is 0.217. The Morgan fingerprint density at radius 1 is 1.07 bits per heavy atom. The monoisotopic (exact) mass is 373 g/mol. The van der Waals surface area contributed by atoms with Crippen molar-refractivity contribution in [2.75, 3.05) is 17.3 Å². The van der Waals surface area contributed by atoms with Crippen LogP contribution in [0.2, 0.25) is 0 Å². The zero-order valence-electron chi connectivity index (χ0n) is 16.2. The van der Waals surface area contributed by atoms with Gasteiger partial charge < -0.3 is 10.1 Å². The number of methoxy groups -OCH3 is 1. The van der Waals surface area contributed by atoms with Crippen molar-refractivity contribution in [2.45, 2.75) is 25.9 Å². The number of nitrogens with zero attached hydrogens (tertiary/aromatic N) is 2. The van der Waals surface area contributed by atoms with Crippen LogP contribution in [0.5, 0.6) is 5.75 Å². The van der Waals surface area contributed by atoms with E-state index < -0.39 is 0 Å². The number of carbonyl (C=O) groups is 1. The SMILES string of the molecule is COc1cccc(N2C(=O)c3cccnc3[C@H]2Nc2ccc(C(C)C)cc2)c1. The van der Waals surface area contributed by atoms with Crippen molar-refractivity contribution in [3.05, 3.63) is 83.7 Å². The minimum atomic E-state index is -0.388. The van der Waals surface area contributed by atoms with Crippen LogP contribution in [-0.4, -0.2) is 18.0 Å². The van der Waals surface area contributed by atoms with Gasteiger partial charge in [0, 0.05) is 18.0 Å². The highest BCUT2D eigenvalue weighted by molar-refractivity contribution is 6.11. The zero-order chi connectivity index (χ0) is 19.7. The van der Waals surface area contributed by atoms with Crippen molar-refractivity contribution in [1.82, 2.24) is 4.98 Å². The van der Waals surface area contributed by atoms with Crippen LogP contribution >= 0.6 is 0 Å². The standard InChI is InChI=1S/C23H23N3O2/c1-15(2)16-9-11-17(12-10-16)25-22-21-20(8-5-13-24-21)23(27)26(22)18-6-4-7-19(14-18)28-3/h4-15,22,25H,1-3H3/t22-/m0/s1. The van der Waals surface area contributed by atoms with Crippen LogP contribution in [0.15, 0.2) is 66.9 Å². The molecule has 1 atom stereocenters. The summed E-state index contributed by atoms with van der Waals surface area (Å²) in [5, 5.41) is 3.48. The molecular formula is C23H23N3O2. The number of fused-ring (bicyclic) bond motifs is 1. The molecule has 2 heterocycles. The van der Waals surface area contributed by atoms with Crippen LogP contribution < -0.4 is 15.0 Å². The Morgan fingerprint density at radius 3 is 2.57 bits per heavy atom. The van der Waals surface area contributed by atoms with E-state index in [4.69, 9.17) is 4.74 Å². The molecule has 0 radical (unpaired) electrons. The molecule has 0 saturated heterocycles. The Labute approximate surface area is 165 Å². The Hall–Kier alpha value is -3.34. The first kappa shape index (κ1) is 18.0. The molecule has 5 nitrogen and oxygen atoms in total. The lowest BCUT2D eigenvalue weighted by atomic mass is 10.0. The van der Waals surface area contributed by atoms with E-state index in [1.165, 1.54) is 5.56 Å². The molecule has 1 aliphatic rings. The molecule has 1 N–H and O–H groups in total. The van der Waals surface area contributed by atoms with Crippen molar-refractivity contribution < 1.29 is 9.53 Å². The van der Waals surface area contributed by atoms with Gasteiger partial charge >= 0.3 is 0 Å². The van der Waals surface area contributed by atoms with Gasteiger partial charge in [-0.1, -0.05) is 32.0 Å². The fourth-order valence-corrected chi connectivity index (χ4v) is 3.47. The number of carbonyl (C=O) groups excluding carboxylic acids is 1. The summed E-state index contributed by atoms with van der Waals surface area (Å²) >= 11 is 0. The van der Waals surface area contributed by atoms with Crippen LogP contribution in [0.3, 0.4) is 0 Å². The van der Waals surface area contributed by atoms with Crippen LogP contribution in [0.1, 0.15) is 47.5 Å². The average molecular weight is 373 g/mol. The number of ether oxygens (including phenoxy) is 1. The van der Waals surface area contributed by atoms with Crippen molar-refractivity contribution in [3.8, 4) is 5.75 Å². The number of hydrogen-bond acceptors (Lipinski definition) is 4. The summed E-state index contributed by atoms with van der Waals surface area (Å²) in [4.78, 5) is 19.4. The van der Waals surface area contributed by atoms with Gasteiger partial charge in [-0.3, -0.25) is 14.7 Å². The number of nitrogens with one attached hydrogen (secondary N) is 1. The predicted molar refractivity (Wildman–Crippen MR) is 111 cm³/mol. The largest absolute Gasteiger partial charge is 0.497 e. The van der Waals surface area contributed by atoms with Gasteiger partial charge in [0.05, 0.1) is 24.1 Å². The summed E-state index contributed by atoms with van der Waals surface area (Å²) in [6.45, 7) is 4.34. The Balaban J connectivity index is 1.73. The van der Waals surface area contributed by atoms with E-state index in [9.17, 15) is 4.79 Å². The van der Waals surface area contributed by atoms with Crippen LogP contribution in [-0.2, 0) is 0 Å². The molecule has 0 fully saturated rings. The second-order valence-electron chi connectivity index (χ2n) is 7.14. The van der Waals surface area contributed by atoms with Gasteiger partial charge in [-0.25, -0.2) is 0 Å². The quantitative estimate of drug-likeness (QED) is 0.685.